The summed E-state index contributed by atoms with van der Waals surface area (Å²) < 4.78 is 0. The molecule has 0 aliphatic rings. The van der Waals surface area contributed by atoms with E-state index in [-0.39, 0.29) is 17.9 Å². The van der Waals surface area contributed by atoms with Crippen molar-refractivity contribution in [3.05, 3.63) is 35.4 Å². The number of hydrogen-bond acceptors (Lipinski definition) is 1. The lowest BCUT2D eigenvalue weighted by atomic mass is 10.1. The van der Waals surface area contributed by atoms with Crippen LogP contribution in [0, 0.1) is 12.8 Å². The number of alkyl halides is 1. The molecule has 2 unspecified atom stereocenters. The number of aryl methyl sites for hydroxylation is 1. The highest BCUT2D eigenvalue weighted by atomic mass is 35.5. The molecule has 1 amide bonds. The molecule has 0 saturated heterocycles. The summed E-state index contributed by atoms with van der Waals surface area (Å²) in [6.45, 7) is 5.97. The predicted molar refractivity (Wildman–Crippen MR) is 68.0 cm³/mol. The van der Waals surface area contributed by atoms with E-state index >= 15 is 0 Å². The number of amides is 1. The molecule has 0 aromatic heterocycles. The van der Waals surface area contributed by atoms with E-state index < -0.39 is 0 Å². The number of carbonyl (C=O) groups is 1. The van der Waals surface area contributed by atoms with Crippen molar-refractivity contribution in [2.24, 2.45) is 5.92 Å². The van der Waals surface area contributed by atoms with Crippen LogP contribution in [0.25, 0.3) is 0 Å². The predicted octanol–water partition coefficient (Wildman–Crippen LogP) is 2.99. The van der Waals surface area contributed by atoms with Crippen LogP contribution < -0.4 is 5.32 Å². The minimum Gasteiger partial charge on any atom is -0.349 e. The molecule has 16 heavy (non-hydrogen) atoms. The SMILES string of the molecule is Cc1cccc(C(=O)NC(C)C(C)CCl)c1. The average Bonchev–Trinajstić information content (AvgIpc) is 2.27. The molecule has 2 atom stereocenters. The molecule has 2 nitrogen and oxygen atoms in total. The molecule has 0 heterocycles. The Balaban J connectivity index is 2.66. The van der Waals surface area contributed by atoms with Crippen LogP contribution in [0.4, 0.5) is 0 Å². The molecule has 1 N–H and O–H groups in total. The maximum Gasteiger partial charge on any atom is 0.251 e. The van der Waals surface area contributed by atoms with Crippen LogP contribution in [0.3, 0.4) is 0 Å². The van der Waals surface area contributed by atoms with Crippen molar-refractivity contribution in [2.75, 3.05) is 5.88 Å². The van der Waals surface area contributed by atoms with Crippen LogP contribution in [-0.2, 0) is 0 Å². The third-order valence-electron chi connectivity index (χ3n) is 2.74. The first kappa shape index (κ1) is 13.0. The topological polar surface area (TPSA) is 29.1 Å². The van der Waals surface area contributed by atoms with Crippen LogP contribution in [-0.4, -0.2) is 17.8 Å². The van der Waals surface area contributed by atoms with Gasteiger partial charge in [-0.25, -0.2) is 0 Å². The summed E-state index contributed by atoms with van der Waals surface area (Å²) in [5.74, 6) is 0.790. The minimum atomic E-state index is -0.0341. The second kappa shape index (κ2) is 5.90. The Bertz CT molecular complexity index is 365. The molecule has 0 saturated carbocycles. The van der Waals surface area contributed by atoms with Gasteiger partial charge in [0.15, 0.2) is 0 Å². The highest BCUT2D eigenvalue weighted by molar-refractivity contribution is 6.18. The molecular formula is C13H18ClNO. The van der Waals surface area contributed by atoms with Crippen molar-refractivity contribution in [2.45, 2.75) is 26.8 Å². The van der Waals surface area contributed by atoms with E-state index in [2.05, 4.69) is 5.32 Å². The van der Waals surface area contributed by atoms with Crippen molar-refractivity contribution >= 4 is 17.5 Å². The summed E-state index contributed by atoms with van der Waals surface area (Å²) in [5, 5.41) is 2.95. The Morgan fingerprint density at radius 3 is 2.69 bits per heavy atom. The second-order valence-electron chi connectivity index (χ2n) is 4.26. The van der Waals surface area contributed by atoms with E-state index in [1.54, 1.807) is 0 Å². The molecule has 0 aliphatic heterocycles. The quantitative estimate of drug-likeness (QED) is 0.805. The fourth-order valence-electron chi connectivity index (χ4n) is 1.35. The van der Waals surface area contributed by atoms with Gasteiger partial charge in [0.1, 0.15) is 0 Å². The van der Waals surface area contributed by atoms with Gasteiger partial charge < -0.3 is 5.32 Å². The molecule has 1 aromatic rings. The third kappa shape index (κ3) is 3.53. The summed E-state index contributed by atoms with van der Waals surface area (Å²) in [4.78, 5) is 11.9. The molecule has 0 spiro atoms. The highest BCUT2D eigenvalue weighted by Gasteiger charge is 2.14. The number of nitrogens with one attached hydrogen (secondary N) is 1. The third-order valence-corrected chi connectivity index (χ3v) is 3.22. The number of hydrogen-bond donors (Lipinski definition) is 1. The van der Waals surface area contributed by atoms with E-state index in [9.17, 15) is 4.79 Å². The zero-order valence-electron chi connectivity index (χ0n) is 9.96. The molecular weight excluding hydrogens is 222 g/mol. The Hall–Kier alpha value is -1.02. The minimum absolute atomic E-state index is 0.0341. The number of halogens is 1. The first-order valence-corrected chi connectivity index (χ1v) is 6.01. The number of rotatable bonds is 4. The second-order valence-corrected chi connectivity index (χ2v) is 4.57. The fourth-order valence-corrected chi connectivity index (χ4v) is 1.62. The Kier molecular flexibility index (Phi) is 4.81. The summed E-state index contributed by atoms with van der Waals surface area (Å²) in [5.41, 5.74) is 1.79. The normalized spacial score (nSPS) is 14.2. The van der Waals surface area contributed by atoms with E-state index in [4.69, 9.17) is 11.6 Å². The molecule has 0 radical (unpaired) electrons. The number of benzene rings is 1. The van der Waals surface area contributed by atoms with Gasteiger partial charge in [0, 0.05) is 17.5 Å². The number of carbonyl (C=O) groups excluding carboxylic acids is 1. The Labute approximate surface area is 102 Å². The monoisotopic (exact) mass is 239 g/mol. The smallest absolute Gasteiger partial charge is 0.251 e. The first-order chi connectivity index (χ1) is 7.54. The van der Waals surface area contributed by atoms with Gasteiger partial charge >= 0.3 is 0 Å². The van der Waals surface area contributed by atoms with Crippen molar-refractivity contribution in [3.63, 3.8) is 0 Å². The van der Waals surface area contributed by atoms with E-state index in [1.165, 1.54) is 0 Å². The summed E-state index contributed by atoms with van der Waals surface area (Å²) in [7, 11) is 0. The van der Waals surface area contributed by atoms with Crippen molar-refractivity contribution < 1.29 is 4.79 Å². The molecule has 88 valence electrons. The van der Waals surface area contributed by atoms with Crippen LogP contribution in [0.15, 0.2) is 24.3 Å². The Morgan fingerprint density at radius 2 is 2.12 bits per heavy atom. The van der Waals surface area contributed by atoms with Gasteiger partial charge in [-0.15, -0.1) is 11.6 Å². The zero-order chi connectivity index (χ0) is 12.1. The first-order valence-electron chi connectivity index (χ1n) is 5.48. The van der Waals surface area contributed by atoms with Crippen LogP contribution in [0.5, 0.6) is 0 Å². The molecule has 1 rings (SSSR count). The summed E-state index contributed by atoms with van der Waals surface area (Å²) in [6, 6.07) is 7.65. The lowest BCUT2D eigenvalue weighted by Crippen LogP contribution is -2.37. The van der Waals surface area contributed by atoms with Crippen LogP contribution in [0.2, 0.25) is 0 Å². The molecule has 0 bridgehead atoms. The van der Waals surface area contributed by atoms with Gasteiger partial charge in [-0.1, -0.05) is 24.6 Å². The van der Waals surface area contributed by atoms with Gasteiger partial charge in [0.2, 0.25) is 0 Å². The van der Waals surface area contributed by atoms with Gasteiger partial charge in [0.25, 0.3) is 5.91 Å². The maximum atomic E-state index is 11.9. The van der Waals surface area contributed by atoms with Gasteiger partial charge in [-0.2, -0.15) is 0 Å². The Morgan fingerprint density at radius 1 is 1.44 bits per heavy atom. The van der Waals surface area contributed by atoms with Crippen molar-refractivity contribution in [1.29, 1.82) is 0 Å². The van der Waals surface area contributed by atoms with E-state index in [0.717, 1.165) is 5.56 Å². The van der Waals surface area contributed by atoms with Crippen LogP contribution >= 0.6 is 11.6 Å². The van der Waals surface area contributed by atoms with Gasteiger partial charge in [-0.3, -0.25) is 4.79 Å². The van der Waals surface area contributed by atoms with Crippen molar-refractivity contribution in [1.82, 2.24) is 5.32 Å². The van der Waals surface area contributed by atoms with Crippen LogP contribution in [0.1, 0.15) is 29.8 Å². The summed E-state index contributed by atoms with van der Waals surface area (Å²) >= 11 is 5.75. The maximum absolute atomic E-state index is 11.9. The van der Waals surface area contributed by atoms with Gasteiger partial charge in [-0.05, 0) is 31.9 Å². The fraction of sp³-hybridized carbons (Fsp3) is 0.462. The summed E-state index contributed by atoms with van der Waals surface area (Å²) in [6.07, 6.45) is 0. The van der Waals surface area contributed by atoms with E-state index in [1.807, 2.05) is 45.0 Å². The highest BCUT2D eigenvalue weighted by Crippen LogP contribution is 2.08. The van der Waals surface area contributed by atoms with E-state index in [0.29, 0.717) is 11.4 Å². The zero-order valence-corrected chi connectivity index (χ0v) is 10.7. The molecule has 1 aromatic carbocycles. The largest absolute Gasteiger partial charge is 0.349 e. The molecule has 0 aliphatic carbocycles. The standard InChI is InChI=1S/C13H18ClNO/c1-9-5-4-6-12(7-9)13(16)15-11(3)10(2)8-14/h4-7,10-11H,8H2,1-3H3,(H,15,16). The lowest BCUT2D eigenvalue weighted by Gasteiger charge is -2.19. The van der Waals surface area contributed by atoms with Gasteiger partial charge in [0.05, 0.1) is 0 Å². The molecule has 3 heteroatoms. The van der Waals surface area contributed by atoms with Crippen molar-refractivity contribution in [3.8, 4) is 0 Å². The average molecular weight is 240 g/mol. The lowest BCUT2D eigenvalue weighted by molar-refractivity contribution is 0.0931. The molecule has 0 fully saturated rings.